The number of fused-ring (bicyclic) bond motifs is 1. The average molecular weight is 315 g/mol. The van der Waals surface area contributed by atoms with Gasteiger partial charge in [-0.2, -0.15) is 0 Å². The van der Waals surface area contributed by atoms with Crippen LogP contribution >= 0.6 is 0 Å². The number of nitro groups is 1. The van der Waals surface area contributed by atoms with Crippen LogP contribution in [0.5, 0.6) is 0 Å². The Morgan fingerprint density at radius 2 is 1.96 bits per heavy atom. The Kier molecular flexibility index (Phi) is 4.32. The molecule has 1 fully saturated rings. The monoisotopic (exact) mass is 315 g/mol. The molecule has 1 aromatic carbocycles. The van der Waals surface area contributed by atoms with E-state index in [-0.39, 0.29) is 17.6 Å². The summed E-state index contributed by atoms with van der Waals surface area (Å²) in [7, 11) is 1.83. The van der Waals surface area contributed by atoms with Crippen molar-refractivity contribution in [1.29, 1.82) is 0 Å². The van der Waals surface area contributed by atoms with E-state index in [2.05, 4.69) is 4.98 Å². The molecule has 1 aromatic heterocycles. The van der Waals surface area contributed by atoms with E-state index in [1.165, 1.54) is 18.9 Å². The maximum Gasteiger partial charge on any atom is 0.293 e. The Morgan fingerprint density at radius 3 is 2.61 bits per heavy atom. The molecule has 0 saturated heterocycles. The van der Waals surface area contributed by atoms with Crippen molar-refractivity contribution >= 4 is 22.5 Å². The van der Waals surface area contributed by atoms with Gasteiger partial charge in [-0.1, -0.05) is 37.8 Å². The van der Waals surface area contributed by atoms with Gasteiger partial charge in [0.1, 0.15) is 11.2 Å². The summed E-state index contributed by atoms with van der Waals surface area (Å²) in [6, 6.07) is 6.82. The van der Waals surface area contributed by atoms with Gasteiger partial charge in [0.25, 0.3) is 11.6 Å². The highest BCUT2D eigenvalue weighted by molar-refractivity contribution is 6.00. The van der Waals surface area contributed by atoms with E-state index in [0.29, 0.717) is 16.6 Å². The number of aromatic amines is 1. The number of hydrogen-bond acceptors (Lipinski definition) is 3. The number of nitro benzene ring substituents is 1. The van der Waals surface area contributed by atoms with Crippen LogP contribution in [-0.4, -0.2) is 33.8 Å². The average Bonchev–Trinajstić information content (AvgIpc) is 2.79. The maximum atomic E-state index is 12.7. The SMILES string of the molecule is CN(C(=O)c1cc2cccc([N+](=O)[O-])c2[nH]1)C1CCCCCC1. The van der Waals surface area contributed by atoms with Gasteiger partial charge in [-0.15, -0.1) is 0 Å². The van der Waals surface area contributed by atoms with E-state index in [4.69, 9.17) is 0 Å². The minimum atomic E-state index is -0.428. The molecule has 23 heavy (non-hydrogen) atoms. The summed E-state index contributed by atoms with van der Waals surface area (Å²) >= 11 is 0. The molecule has 1 aliphatic rings. The topological polar surface area (TPSA) is 79.2 Å². The zero-order chi connectivity index (χ0) is 16.4. The lowest BCUT2D eigenvalue weighted by molar-refractivity contribution is -0.383. The molecule has 0 aliphatic heterocycles. The predicted octanol–water partition coefficient (Wildman–Crippen LogP) is 3.87. The summed E-state index contributed by atoms with van der Waals surface area (Å²) in [5.74, 6) is -0.0950. The van der Waals surface area contributed by atoms with Crippen LogP contribution in [-0.2, 0) is 0 Å². The number of para-hydroxylation sites is 1. The number of carbonyl (C=O) groups is 1. The largest absolute Gasteiger partial charge is 0.345 e. The van der Waals surface area contributed by atoms with Gasteiger partial charge >= 0.3 is 0 Å². The molecule has 1 heterocycles. The fourth-order valence-corrected chi connectivity index (χ4v) is 3.41. The first-order chi connectivity index (χ1) is 11.1. The lowest BCUT2D eigenvalue weighted by Gasteiger charge is -2.26. The molecule has 1 amide bonds. The zero-order valence-corrected chi connectivity index (χ0v) is 13.2. The maximum absolute atomic E-state index is 12.7. The third-order valence-electron chi connectivity index (χ3n) is 4.75. The molecule has 1 N–H and O–H groups in total. The van der Waals surface area contributed by atoms with Crippen LogP contribution in [0.25, 0.3) is 10.9 Å². The summed E-state index contributed by atoms with van der Waals surface area (Å²) < 4.78 is 0. The van der Waals surface area contributed by atoms with E-state index in [9.17, 15) is 14.9 Å². The second kappa shape index (κ2) is 6.40. The van der Waals surface area contributed by atoms with Gasteiger partial charge in [0.2, 0.25) is 0 Å². The van der Waals surface area contributed by atoms with Crippen LogP contribution in [0.3, 0.4) is 0 Å². The number of rotatable bonds is 3. The van der Waals surface area contributed by atoms with Gasteiger partial charge in [0, 0.05) is 24.5 Å². The molecule has 2 aromatic rings. The van der Waals surface area contributed by atoms with E-state index < -0.39 is 4.92 Å². The fourth-order valence-electron chi connectivity index (χ4n) is 3.41. The van der Waals surface area contributed by atoms with E-state index in [1.807, 2.05) is 7.05 Å². The van der Waals surface area contributed by atoms with Crippen LogP contribution in [0.15, 0.2) is 24.3 Å². The van der Waals surface area contributed by atoms with Crippen molar-refractivity contribution in [2.24, 2.45) is 0 Å². The van der Waals surface area contributed by atoms with Crippen molar-refractivity contribution < 1.29 is 9.72 Å². The number of carbonyl (C=O) groups excluding carboxylic acids is 1. The minimum absolute atomic E-state index is 0.00123. The Labute approximate surface area is 134 Å². The molecule has 0 spiro atoms. The van der Waals surface area contributed by atoms with E-state index >= 15 is 0 Å². The lowest BCUT2D eigenvalue weighted by atomic mass is 10.1. The van der Waals surface area contributed by atoms with Crippen molar-refractivity contribution in [2.75, 3.05) is 7.05 Å². The second-order valence-electron chi connectivity index (χ2n) is 6.24. The number of amides is 1. The molecule has 0 radical (unpaired) electrons. The summed E-state index contributed by atoms with van der Waals surface area (Å²) in [4.78, 5) is 28.1. The van der Waals surface area contributed by atoms with Crippen molar-refractivity contribution in [3.8, 4) is 0 Å². The molecule has 3 rings (SSSR count). The van der Waals surface area contributed by atoms with Gasteiger partial charge in [0.05, 0.1) is 4.92 Å². The van der Waals surface area contributed by atoms with E-state index in [0.717, 1.165) is 25.7 Å². The zero-order valence-electron chi connectivity index (χ0n) is 13.2. The minimum Gasteiger partial charge on any atom is -0.345 e. The van der Waals surface area contributed by atoms with Gasteiger partial charge < -0.3 is 9.88 Å². The van der Waals surface area contributed by atoms with Crippen LogP contribution in [0, 0.1) is 10.1 Å². The van der Waals surface area contributed by atoms with Crippen molar-refractivity contribution in [3.63, 3.8) is 0 Å². The number of nitrogens with zero attached hydrogens (tertiary/aromatic N) is 2. The Bertz CT molecular complexity index is 730. The highest BCUT2D eigenvalue weighted by atomic mass is 16.6. The molecule has 6 nitrogen and oxygen atoms in total. The summed E-state index contributed by atoms with van der Waals surface area (Å²) in [5, 5.41) is 11.8. The first kappa shape index (κ1) is 15.5. The molecule has 1 saturated carbocycles. The third kappa shape index (κ3) is 3.06. The molecule has 0 unspecified atom stereocenters. The quantitative estimate of drug-likeness (QED) is 0.530. The molecule has 0 bridgehead atoms. The Hall–Kier alpha value is -2.37. The molecular weight excluding hydrogens is 294 g/mol. The first-order valence-electron chi connectivity index (χ1n) is 8.11. The van der Waals surface area contributed by atoms with Crippen molar-refractivity contribution in [2.45, 2.75) is 44.6 Å². The second-order valence-corrected chi connectivity index (χ2v) is 6.24. The van der Waals surface area contributed by atoms with Gasteiger partial charge in [0.15, 0.2) is 0 Å². The van der Waals surface area contributed by atoms with Gasteiger partial charge in [-0.3, -0.25) is 14.9 Å². The third-order valence-corrected chi connectivity index (χ3v) is 4.75. The highest BCUT2D eigenvalue weighted by Crippen LogP contribution is 2.27. The summed E-state index contributed by atoms with van der Waals surface area (Å²) in [5.41, 5.74) is 0.829. The number of H-pyrrole nitrogens is 1. The van der Waals surface area contributed by atoms with Crippen molar-refractivity contribution in [3.05, 3.63) is 40.1 Å². The molecule has 122 valence electrons. The number of nitrogens with one attached hydrogen (secondary N) is 1. The Balaban J connectivity index is 1.88. The smallest absolute Gasteiger partial charge is 0.293 e. The van der Waals surface area contributed by atoms with Gasteiger partial charge in [-0.05, 0) is 18.9 Å². The number of benzene rings is 1. The van der Waals surface area contributed by atoms with Crippen LogP contribution in [0.1, 0.15) is 49.0 Å². The predicted molar refractivity (Wildman–Crippen MR) is 88.5 cm³/mol. The highest BCUT2D eigenvalue weighted by Gasteiger charge is 2.24. The van der Waals surface area contributed by atoms with Crippen LogP contribution < -0.4 is 0 Å². The number of non-ortho nitro benzene ring substituents is 1. The summed E-state index contributed by atoms with van der Waals surface area (Å²) in [6.45, 7) is 0. The van der Waals surface area contributed by atoms with E-state index in [1.54, 1.807) is 23.1 Å². The van der Waals surface area contributed by atoms with Crippen LogP contribution in [0.4, 0.5) is 5.69 Å². The standard InChI is InChI=1S/C17H21N3O3/c1-19(13-8-4-2-3-5-9-13)17(21)14-11-12-7-6-10-15(20(22)23)16(12)18-14/h6-7,10-11,13,18H,2-5,8-9H2,1H3. The fraction of sp³-hybridized carbons (Fsp3) is 0.471. The lowest BCUT2D eigenvalue weighted by Crippen LogP contribution is -2.36. The molecule has 1 aliphatic carbocycles. The van der Waals surface area contributed by atoms with Crippen LogP contribution in [0.2, 0.25) is 0 Å². The molecular formula is C17H21N3O3. The molecule has 6 heteroatoms. The van der Waals surface area contributed by atoms with Crippen molar-refractivity contribution in [1.82, 2.24) is 9.88 Å². The number of aromatic nitrogens is 1. The molecule has 0 atom stereocenters. The number of hydrogen-bond donors (Lipinski definition) is 1. The Morgan fingerprint density at radius 1 is 1.26 bits per heavy atom. The normalized spacial score (nSPS) is 16.2. The van der Waals surface area contributed by atoms with Gasteiger partial charge in [-0.25, -0.2) is 0 Å². The first-order valence-corrected chi connectivity index (χ1v) is 8.11. The summed E-state index contributed by atoms with van der Waals surface area (Å²) in [6.07, 6.45) is 6.83.